The predicted molar refractivity (Wildman–Crippen MR) is 68.5 cm³/mol. The molecule has 0 aliphatic rings. The van der Waals surface area contributed by atoms with Gasteiger partial charge in [0.15, 0.2) is 0 Å². The highest BCUT2D eigenvalue weighted by molar-refractivity contribution is 7.91. The Morgan fingerprint density at radius 1 is 1.53 bits per heavy atom. The van der Waals surface area contributed by atoms with Crippen LogP contribution >= 0.6 is 11.3 Å². The molecule has 1 heterocycles. The van der Waals surface area contributed by atoms with Crippen molar-refractivity contribution in [3.05, 3.63) is 17.0 Å². The number of likely N-dealkylation sites (N-methyl/N-ethyl adjacent to an activating group) is 1. The van der Waals surface area contributed by atoms with E-state index in [1.165, 1.54) is 15.6 Å². The molecule has 5 nitrogen and oxygen atoms in total. The van der Waals surface area contributed by atoms with Crippen LogP contribution in [0, 0.1) is 0 Å². The zero-order valence-corrected chi connectivity index (χ0v) is 11.7. The van der Waals surface area contributed by atoms with Crippen LogP contribution in [0.1, 0.15) is 12.5 Å². The van der Waals surface area contributed by atoms with Crippen molar-refractivity contribution in [1.82, 2.24) is 4.31 Å². The molecule has 0 saturated carbocycles. The zero-order chi connectivity index (χ0) is 12.9. The average molecular weight is 278 g/mol. The van der Waals surface area contributed by atoms with Gasteiger partial charge >= 0.3 is 0 Å². The van der Waals surface area contributed by atoms with E-state index in [4.69, 9.17) is 10.5 Å². The van der Waals surface area contributed by atoms with Crippen molar-refractivity contribution >= 4 is 21.4 Å². The van der Waals surface area contributed by atoms with Crippen molar-refractivity contribution < 1.29 is 13.2 Å². The highest BCUT2D eigenvalue weighted by atomic mass is 32.2. The summed E-state index contributed by atoms with van der Waals surface area (Å²) in [4.78, 5) is 0. The van der Waals surface area contributed by atoms with Crippen molar-refractivity contribution in [2.75, 3.05) is 26.8 Å². The molecule has 98 valence electrons. The molecule has 0 fully saturated rings. The van der Waals surface area contributed by atoms with Crippen LogP contribution in [0.15, 0.2) is 15.7 Å². The molecule has 7 heteroatoms. The molecular weight excluding hydrogens is 260 g/mol. The molecule has 0 atom stereocenters. The molecule has 0 aliphatic carbocycles. The molecule has 0 aromatic carbocycles. The first-order valence-electron chi connectivity index (χ1n) is 5.32. The van der Waals surface area contributed by atoms with Gasteiger partial charge in [-0.15, -0.1) is 11.3 Å². The van der Waals surface area contributed by atoms with Crippen molar-refractivity contribution in [2.24, 2.45) is 5.73 Å². The maximum Gasteiger partial charge on any atom is 0.252 e. The topological polar surface area (TPSA) is 72.6 Å². The van der Waals surface area contributed by atoms with Crippen LogP contribution in [0.5, 0.6) is 0 Å². The summed E-state index contributed by atoms with van der Waals surface area (Å²) in [7, 11) is -1.84. The molecule has 17 heavy (non-hydrogen) atoms. The van der Waals surface area contributed by atoms with Crippen molar-refractivity contribution in [1.29, 1.82) is 0 Å². The van der Waals surface area contributed by atoms with Crippen molar-refractivity contribution in [3.63, 3.8) is 0 Å². The third kappa shape index (κ3) is 3.49. The molecule has 1 aromatic rings. The Kier molecular flexibility index (Phi) is 5.54. The second-order valence-corrected chi connectivity index (χ2v) is 6.54. The third-order valence-electron chi connectivity index (χ3n) is 2.36. The Morgan fingerprint density at radius 2 is 2.24 bits per heavy atom. The standard InChI is InChI=1S/C10H18N2O3S2/c1-3-12(4-5-15-2)17(13,14)10-6-9(7-11)8-16-10/h6,8H,3-5,7,11H2,1-2H3. The Bertz CT molecular complexity index is 442. The first-order chi connectivity index (χ1) is 8.06. The number of rotatable bonds is 7. The van der Waals surface area contributed by atoms with E-state index in [9.17, 15) is 8.42 Å². The van der Waals surface area contributed by atoms with E-state index < -0.39 is 10.0 Å². The quantitative estimate of drug-likeness (QED) is 0.803. The number of nitrogens with zero attached hydrogens (tertiary/aromatic N) is 1. The number of hydrogen-bond acceptors (Lipinski definition) is 5. The molecule has 0 aliphatic heterocycles. The average Bonchev–Trinajstić information content (AvgIpc) is 2.79. The fourth-order valence-corrected chi connectivity index (χ4v) is 4.17. The SMILES string of the molecule is CCN(CCOC)S(=O)(=O)c1cc(CN)cs1. The fraction of sp³-hybridized carbons (Fsp3) is 0.600. The van der Waals surface area contributed by atoms with E-state index in [0.717, 1.165) is 5.56 Å². The first-order valence-corrected chi connectivity index (χ1v) is 7.64. The van der Waals surface area contributed by atoms with E-state index in [1.54, 1.807) is 18.6 Å². The zero-order valence-electron chi connectivity index (χ0n) is 10.0. The van der Waals surface area contributed by atoms with E-state index in [2.05, 4.69) is 0 Å². The summed E-state index contributed by atoms with van der Waals surface area (Å²) >= 11 is 1.21. The maximum absolute atomic E-state index is 12.2. The molecule has 1 rings (SSSR count). The predicted octanol–water partition coefficient (Wildman–Crippen LogP) is 0.864. The minimum atomic E-state index is -3.40. The van der Waals surface area contributed by atoms with Gasteiger partial charge in [-0.2, -0.15) is 4.31 Å². The van der Waals surface area contributed by atoms with Crippen LogP contribution in [-0.4, -0.2) is 39.5 Å². The lowest BCUT2D eigenvalue weighted by molar-refractivity contribution is 0.180. The van der Waals surface area contributed by atoms with E-state index in [0.29, 0.717) is 30.5 Å². The molecule has 1 aromatic heterocycles. The third-order valence-corrected chi connectivity index (χ3v) is 5.80. The summed E-state index contributed by atoms with van der Waals surface area (Å²) < 4.78 is 31.1. The van der Waals surface area contributed by atoms with Gasteiger partial charge in [0.25, 0.3) is 10.0 Å². The molecule has 0 spiro atoms. The van der Waals surface area contributed by atoms with Crippen LogP contribution in [0.25, 0.3) is 0 Å². The fourth-order valence-electron chi connectivity index (χ4n) is 1.36. The lowest BCUT2D eigenvalue weighted by atomic mass is 10.4. The second kappa shape index (κ2) is 6.46. The molecule has 0 unspecified atom stereocenters. The number of ether oxygens (including phenoxy) is 1. The normalized spacial score (nSPS) is 12.2. The molecule has 0 radical (unpaired) electrons. The first kappa shape index (κ1) is 14.6. The van der Waals surface area contributed by atoms with Gasteiger partial charge < -0.3 is 10.5 Å². The Balaban J connectivity index is 2.91. The second-order valence-electron chi connectivity index (χ2n) is 3.47. The minimum Gasteiger partial charge on any atom is -0.383 e. The number of nitrogens with two attached hydrogens (primary N) is 1. The van der Waals surface area contributed by atoms with E-state index in [1.807, 2.05) is 6.92 Å². The summed E-state index contributed by atoms with van der Waals surface area (Å²) in [5.41, 5.74) is 6.32. The largest absolute Gasteiger partial charge is 0.383 e. The lowest BCUT2D eigenvalue weighted by Crippen LogP contribution is -2.33. The van der Waals surface area contributed by atoms with Crippen LogP contribution in [-0.2, 0) is 21.3 Å². The smallest absolute Gasteiger partial charge is 0.252 e. The number of methoxy groups -OCH3 is 1. The van der Waals surface area contributed by atoms with Crippen LogP contribution in [0.4, 0.5) is 0 Å². The van der Waals surface area contributed by atoms with Crippen molar-refractivity contribution in [2.45, 2.75) is 17.7 Å². The summed E-state index contributed by atoms with van der Waals surface area (Å²) in [6.45, 7) is 3.36. The van der Waals surface area contributed by atoms with Gasteiger partial charge in [0.05, 0.1) is 6.61 Å². The summed E-state index contributed by atoms with van der Waals surface area (Å²) in [6, 6.07) is 1.63. The van der Waals surface area contributed by atoms with Gasteiger partial charge in [-0.1, -0.05) is 6.92 Å². The highest BCUT2D eigenvalue weighted by Gasteiger charge is 2.24. The van der Waals surface area contributed by atoms with Gasteiger partial charge in [-0.25, -0.2) is 8.42 Å². The number of sulfonamides is 1. The van der Waals surface area contributed by atoms with E-state index in [-0.39, 0.29) is 0 Å². The van der Waals surface area contributed by atoms with Gasteiger partial charge in [-0.3, -0.25) is 0 Å². The Labute approximate surface area is 106 Å². The molecule has 0 saturated heterocycles. The molecule has 0 amide bonds. The van der Waals surface area contributed by atoms with Gasteiger partial charge in [0.2, 0.25) is 0 Å². The van der Waals surface area contributed by atoms with Gasteiger partial charge in [0.1, 0.15) is 4.21 Å². The van der Waals surface area contributed by atoms with Crippen LogP contribution in [0.2, 0.25) is 0 Å². The number of hydrogen-bond donors (Lipinski definition) is 1. The maximum atomic E-state index is 12.2. The summed E-state index contributed by atoms with van der Waals surface area (Å²) in [5.74, 6) is 0. The Hall–Kier alpha value is -0.470. The summed E-state index contributed by atoms with van der Waals surface area (Å²) in [5, 5.41) is 1.77. The van der Waals surface area contributed by atoms with Crippen molar-refractivity contribution in [3.8, 4) is 0 Å². The monoisotopic (exact) mass is 278 g/mol. The minimum absolute atomic E-state index is 0.343. The molecule has 0 bridgehead atoms. The lowest BCUT2D eigenvalue weighted by Gasteiger charge is -2.18. The van der Waals surface area contributed by atoms with Gasteiger partial charge in [0, 0.05) is 26.7 Å². The number of thiophene rings is 1. The van der Waals surface area contributed by atoms with Crippen LogP contribution < -0.4 is 5.73 Å². The van der Waals surface area contributed by atoms with Gasteiger partial charge in [-0.05, 0) is 17.0 Å². The molecular formula is C10H18N2O3S2. The van der Waals surface area contributed by atoms with Crippen LogP contribution in [0.3, 0.4) is 0 Å². The Morgan fingerprint density at radius 3 is 2.71 bits per heavy atom. The summed E-state index contributed by atoms with van der Waals surface area (Å²) in [6.07, 6.45) is 0. The highest BCUT2D eigenvalue weighted by Crippen LogP contribution is 2.23. The van der Waals surface area contributed by atoms with E-state index >= 15 is 0 Å². The molecule has 2 N–H and O–H groups in total.